The Bertz CT molecular complexity index is 600. The highest BCUT2D eigenvalue weighted by Gasteiger charge is 2.25. The summed E-state index contributed by atoms with van der Waals surface area (Å²) in [5, 5.41) is 0. The molecule has 1 aromatic carbocycles. The van der Waals surface area contributed by atoms with E-state index < -0.39 is 0 Å². The van der Waals surface area contributed by atoms with Crippen molar-refractivity contribution in [2.24, 2.45) is 5.92 Å². The third-order valence-corrected chi connectivity index (χ3v) is 4.63. The Hall–Kier alpha value is -2.04. The van der Waals surface area contributed by atoms with E-state index in [0.717, 1.165) is 19.3 Å². The van der Waals surface area contributed by atoms with Crippen molar-refractivity contribution in [1.29, 1.82) is 0 Å². The van der Waals surface area contributed by atoms with Crippen LogP contribution in [0.1, 0.15) is 50.4 Å². The van der Waals surface area contributed by atoms with E-state index in [9.17, 15) is 9.59 Å². The molecule has 25 heavy (non-hydrogen) atoms. The lowest BCUT2D eigenvalue weighted by Crippen LogP contribution is -2.44. The van der Waals surface area contributed by atoms with Crippen LogP contribution < -0.4 is 4.74 Å². The van der Waals surface area contributed by atoms with E-state index in [4.69, 9.17) is 4.74 Å². The molecule has 0 fully saturated rings. The fourth-order valence-electron chi connectivity index (χ4n) is 3.32. The summed E-state index contributed by atoms with van der Waals surface area (Å²) in [6.07, 6.45) is 2.65. The van der Waals surface area contributed by atoms with E-state index in [1.54, 1.807) is 17.9 Å². The van der Waals surface area contributed by atoms with Crippen molar-refractivity contribution in [2.75, 3.05) is 26.7 Å². The van der Waals surface area contributed by atoms with Gasteiger partial charge in [0.15, 0.2) is 0 Å². The molecule has 0 radical (unpaired) electrons. The van der Waals surface area contributed by atoms with Gasteiger partial charge in [0, 0.05) is 27.1 Å². The zero-order chi connectivity index (χ0) is 18.4. The fourth-order valence-corrected chi connectivity index (χ4v) is 3.32. The molecule has 0 aromatic heterocycles. The number of hydrogen-bond donors (Lipinski definition) is 0. The third-order valence-electron chi connectivity index (χ3n) is 4.63. The third kappa shape index (κ3) is 5.21. The fraction of sp³-hybridized carbons (Fsp3) is 0.600. The Balaban J connectivity index is 2.31. The van der Waals surface area contributed by atoms with E-state index in [1.165, 1.54) is 0 Å². The molecule has 0 N–H and O–H groups in total. The number of para-hydroxylation sites is 1. The Kier molecular flexibility index (Phi) is 6.85. The number of ether oxygens (including phenoxy) is 1. The van der Waals surface area contributed by atoms with E-state index in [2.05, 4.69) is 13.8 Å². The SMILES string of the molecule is CC(=O)N1CCCCN(C)C(=O)c2ccccc2OC[C@@H]1CC(C)C. The minimum atomic E-state index is -0.0139. The van der Waals surface area contributed by atoms with Crippen LogP contribution >= 0.6 is 0 Å². The molecular formula is C20H30N2O3. The second-order valence-electron chi connectivity index (χ2n) is 7.24. The molecule has 1 heterocycles. The Morgan fingerprint density at radius 1 is 1.24 bits per heavy atom. The van der Waals surface area contributed by atoms with Crippen LogP contribution in [0.2, 0.25) is 0 Å². The molecule has 1 aliphatic heterocycles. The molecule has 0 saturated carbocycles. The maximum absolute atomic E-state index is 12.7. The first-order chi connectivity index (χ1) is 11.9. The minimum absolute atomic E-state index is 0.0139. The quantitative estimate of drug-likeness (QED) is 0.826. The molecular weight excluding hydrogens is 316 g/mol. The van der Waals surface area contributed by atoms with Crippen LogP contribution in [-0.4, -0.2) is 54.4 Å². The van der Waals surface area contributed by atoms with E-state index in [1.807, 2.05) is 30.1 Å². The molecule has 0 spiro atoms. The lowest BCUT2D eigenvalue weighted by atomic mass is 10.0. The summed E-state index contributed by atoms with van der Waals surface area (Å²) >= 11 is 0. The topological polar surface area (TPSA) is 49.9 Å². The molecule has 0 unspecified atom stereocenters. The van der Waals surface area contributed by atoms with Gasteiger partial charge < -0.3 is 14.5 Å². The van der Waals surface area contributed by atoms with Crippen molar-refractivity contribution in [3.63, 3.8) is 0 Å². The van der Waals surface area contributed by atoms with Crippen molar-refractivity contribution >= 4 is 11.8 Å². The maximum atomic E-state index is 12.7. The normalized spacial score (nSPS) is 19.7. The number of fused-ring (bicyclic) bond motifs is 1. The zero-order valence-corrected chi connectivity index (χ0v) is 15.8. The predicted molar refractivity (Wildman–Crippen MR) is 98.8 cm³/mol. The smallest absolute Gasteiger partial charge is 0.257 e. The standard InChI is InChI=1S/C20H30N2O3/c1-15(2)13-17-14-25-19-10-6-5-9-18(19)20(24)21(4)11-7-8-12-22(17)16(3)23/h5-6,9-10,15,17H,7-8,11-14H2,1-4H3/t17-/m0/s1. The number of benzene rings is 1. The van der Waals surface area contributed by atoms with E-state index in [-0.39, 0.29) is 17.9 Å². The molecule has 0 aliphatic carbocycles. The highest BCUT2D eigenvalue weighted by atomic mass is 16.5. The van der Waals surface area contributed by atoms with E-state index >= 15 is 0 Å². The first-order valence-corrected chi connectivity index (χ1v) is 9.14. The Morgan fingerprint density at radius 3 is 2.60 bits per heavy atom. The molecule has 5 nitrogen and oxygen atoms in total. The number of carbonyl (C=O) groups excluding carboxylic acids is 2. The zero-order valence-electron chi connectivity index (χ0n) is 15.8. The number of hydrogen-bond acceptors (Lipinski definition) is 3. The van der Waals surface area contributed by atoms with Crippen molar-refractivity contribution < 1.29 is 14.3 Å². The van der Waals surface area contributed by atoms with Gasteiger partial charge in [-0.15, -0.1) is 0 Å². The highest BCUT2D eigenvalue weighted by Crippen LogP contribution is 2.22. The van der Waals surface area contributed by atoms with E-state index in [0.29, 0.717) is 36.9 Å². The molecule has 1 aliphatic rings. The van der Waals surface area contributed by atoms with Gasteiger partial charge in [-0.05, 0) is 37.3 Å². The van der Waals surface area contributed by atoms with Gasteiger partial charge in [-0.1, -0.05) is 26.0 Å². The van der Waals surface area contributed by atoms with Crippen LogP contribution in [0, 0.1) is 5.92 Å². The molecule has 1 atom stereocenters. The lowest BCUT2D eigenvalue weighted by Gasteiger charge is -2.33. The second-order valence-corrected chi connectivity index (χ2v) is 7.24. The number of rotatable bonds is 2. The summed E-state index contributed by atoms with van der Waals surface area (Å²) in [7, 11) is 1.81. The van der Waals surface area contributed by atoms with Gasteiger partial charge in [-0.3, -0.25) is 9.59 Å². The molecule has 2 amide bonds. The van der Waals surface area contributed by atoms with Crippen LogP contribution in [0.4, 0.5) is 0 Å². The van der Waals surface area contributed by atoms with Crippen LogP contribution in [0.3, 0.4) is 0 Å². The number of amides is 2. The maximum Gasteiger partial charge on any atom is 0.257 e. The summed E-state index contributed by atoms with van der Waals surface area (Å²) in [5.74, 6) is 1.13. The summed E-state index contributed by atoms with van der Waals surface area (Å²) in [5.41, 5.74) is 0.586. The van der Waals surface area contributed by atoms with Gasteiger partial charge >= 0.3 is 0 Å². The molecule has 0 bridgehead atoms. The summed E-state index contributed by atoms with van der Waals surface area (Å²) in [4.78, 5) is 28.5. The van der Waals surface area contributed by atoms with Gasteiger partial charge in [-0.25, -0.2) is 0 Å². The van der Waals surface area contributed by atoms with Gasteiger partial charge in [-0.2, -0.15) is 0 Å². The van der Waals surface area contributed by atoms with Crippen molar-refractivity contribution in [2.45, 2.75) is 46.1 Å². The van der Waals surface area contributed by atoms with Crippen LogP contribution in [0.5, 0.6) is 5.75 Å². The Morgan fingerprint density at radius 2 is 1.92 bits per heavy atom. The highest BCUT2D eigenvalue weighted by molar-refractivity contribution is 5.96. The molecule has 5 heteroatoms. The summed E-state index contributed by atoms with van der Waals surface area (Å²) < 4.78 is 6.03. The lowest BCUT2D eigenvalue weighted by molar-refractivity contribution is -0.132. The second kappa shape index (κ2) is 8.88. The first-order valence-electron chi connectivity index (χ1n) is 9.14. The molecule has 1 aromatic rings. The van der Waals surface area contributed by atoms with Gasteiger partial charge in [0.25, 0.3) is 5.91 Å². The molecule has 0 saturated heterocycles. The minimum Gasteiger partial charge on any atom is -0.491 e. The van der Waals surface area contributed by atoms with Gasteiger partial charge in [0.05, 0.1) is 11.6 Å². The van der Waals surface area contributed by atoms with Crippen LogP contribution in [0.15, 0.2) is 24.3 Å². The average Bonchev–Trinajstić information content (AvgIpc) is 2.56. The van der Waals surface area contributed by atoms with Crippen LogP contribution in [0.25, 0.3) is 0 Å². The Labute approximate surface area is 150 Å². The monoisotopic (exact) mass is 346 g/mol. The number of nitrogens with zero attached hydrogens (tertiary/aromatic N) is 2. The van der Waals surface area contributed by atoms with Gasteiger partial charge in [0.1, 0.15) is 12.4 Å². The number of carbonyl (C=O) groups is 2. The first kappa shape index (κ1) is 19.3. The van der Waals surface area contributed by atoms with Crippen molar-refractivity contribution in [3.8, 4) is 5.75 Å². The summed E-state index contributed by atoms with van der Waals surface area (Å²) in [6.45, 7) is 7.73. The van der Waals surface area contributed by atoms with Crippen molar-refractivity contribution in [3.05, 3.63) is 29.8 Å². The van der Waals surface area contributed by atoms with Crippen LogP contribution in [-0.2, 0) is 4.79 Å². The largest absolute Gasteiger partial charge is 0.491 e. The van der Waals surface area contributed by atoms with Crippen molar-refractivity contribution in [1.82, 2.24) is 9.80 Å². The average molecular weight is 346 g/mol. The van der Waals surface area contributed by atoms with Gasteiger partial charge in [0.2, 0.25) is 5.91 Å². The molecule has 2 rings (SSSR count). The predicted octanol–water partition coefficient (Wildman–Crippen LogP) is 3.19. The summed E-state index contributed by atoms with van der Waals surface area (Å²) in [6, 6.07) is 7.39. The molecule has 138 valence electrons.